The van der Waals surface area contributed by atoms with Gasteiger partial charge in [0.05, 0.1) is 19.3 Å². The summed E-state index contributed by atoms with van der Waals surface area (Å²) < 4.78 is 11.2. The van der Waals surface area contributed by atoms with Crippen LogP contribution in [-0.2, 0) is 9.47 Å². The van der Waals surface area contributed by atoms with Crippen LogP contribution in [0.15, 0.2) is 35.3 Å². The Morgan fingerprint density at radius 1 is 1.18 bits per heavy atom. The fourth-order valence-electron chi connectivity index (χ4n) is 4.06. The van der Waals surface area contributed by atoms with E-state index >= 15 is 0 Å². The van der Waals surface area contributed by atoms with Crippen LogP contribution in [0, 0.1) is 5.92 Å². The summed E-state index contributed by atoms with van der Waals surface area (Å²) in [6.45, 7) is 5.35. The van der Waals surface area contributed by atoms with Gasteiger partial charge >= 0.3 is 0 Å². The molecule has 0 spiro atoms. The van der Waals surface area contributed by atoms with E-state index < -0.39 is 0 Å². The first-order valence-electron chi connectivity index (χ1n) is 10.5. The lowest BCUT2D eigenvalue weighted by atomic mass is 9.79. The second-order valence-corrected chi connectivity index (χ2v) is 7.95. The summed E-state index contributed by atoms with van der Waals surface area (Å²) >= 11 is 0. The molecule has 1 heterocycles. The third-order valence-electron chi connectivity index (χ3n) is 5.75. The lowest BCUT2D eigenvalue weighted by Gasteiger charge is -2.29. The molecular weight excluding hydrogens is 465 g/mol. The SMILES string of the molecule is CN=C(NCC1CCC(c2ccccc2)CC1)NC(C)COC1CCOC1.I. The smallest absolute Gasteiger partial charge is 0.191 e. The molecule has 2 N–H and O–H groups in total. The number of halogens is 1. The normalized spacial score (nSPS) is 26.4. The fourth-order valence-corrected chi connectivity index (χ4v) is 4.06. The first-order chi connectivity index (χ1) is 13.2. The van der Waals surface area contributed by atoms with Gasteiger partial charge in [-0.05, 0) is 56.4 Å². The summed E-state index contributed by atoms with van der Waals surface area (Å²) in [6.07, 6.45) is 6.40. The summed E-state index contributed by atoms with van der Waals surface area (Å²) in [5, 5.41) is 6.95. The zero-order chi connectivity index (χ0) is 18.9. The minimum absolute atomic E-state index is 0. The minimum atomic E-state index is 0. The molecule has 1 aliphatic heterocycles. The van der Waals surface area contributed by atoms with Gasteiger partial charge in [-0.25, -0.2) is 0 Å². The highest BCUT2D eigenvalue weighted by atomic mass is 127. The van der Waals surface area contributed by atoms with Gasteiger partial charge in [-0.2, -0.15) is 0 Å². The van der Waals surface area contributed by atoms with Gasteiger partial charge in [-0.15, -0.1) is 24.0 Å². The maximum Gasteiger partial charge on any atom is 0.191 e. The summed E-state index contributed by atoms with van der Waals surface area (Å²) in [6, 6.07) is 11.2. The van der Waals surface area contributed by atoms with Gasteiger partial charge < -0.3 is 20.1 Å². The molecule has 28 heavy (non-hydrogen) atoms. The summed E-state index contributed by atoms with van der Waals surface area (Å²) in [7, 11) is 1.83. The highest BCUT2D eigenvalue weighted by molar-refractivity contribution is 14.0. The molecular formula is C22H36IN3O2. The van der Waals surface area contributed by atoms with Crippen molar-refractivity contribution in [2.75, 3.05) is 33.4 Å². The molecule has 158 valence electrons. The van der Waals surface area contributed by atoms with Crippen molar-refractivity contribution in [3.05, 3.63) is 35.9 Å². The topological polar surface area (TPSA) is 54.9 Å². The Labute approximate surface area is 187 Å². The number of guanidine groups is 1. The van der Waals surface area contributed by atoms with Crippen LogP contribution in [0.4, 0.5) is 0 Å². The predicted molar refractivity (Wildman–Crippen MR) is 126 cm³/mol. The monoisotopic (exact) mass is 501 g/mol. The number of benzene rings is 1. The van der Waals surface area contributed by atoms with E-state index in [2.05, 4.69) is 52.9 Å². The van der Waals surface area contributed by atoms with Gasteiger partial charge in [0.2, 0.25) is 0 Å². The maximum absolute atomic E-state index is 5.89. The number of ether oxygens (including phenoxy) is 2. The largest absolute Gasteiger partial charge is 0.379 e. The molecule has 2 unspecified atom stereocenters. The van der Waals surface area contributed by atoms with E-state index in [1.165, 1.54) is 31.2 Å². The molecule has 0 amide bonds. The Kier molecular flexibility index (Phi) is 10.6. The average molecular weight is 501 g/mol. The molecule has 0 aromatic heterocycles. The molecule has 1 saturated carbocycles. The lowest BCUT2D eigenvalue weighted by Crippen LogP contribution is -2.46. The summed E-state index contributed by atoms with van der Waals surface area (Å²) in [5.41, 5.74) is 1.50. The van der Waals surface area contributed by atoms with Crippen LogP contribution in [0.1, 0.15) is 50.5 Å². The van der Waals surface area contributed by atoms with Crippen LogP contribution in [0.3, 0.4) is 0 Å². The first-order valence-corrected chi connectivity index (χ1v) is 10.5. The molecule has 2 fully saturated rings. The van der Waals surface area contributed by atoms with E-state index in [0.29, 0.717) is 6.61 Å². The van der Waals surface area contributed by atoms with Crippen LogP contribution in [0.5, 0.6) is 0 Å². The first kappa shape index (κ1) is 23.4. The summed E-state index contributed by atoms with van der Waals surface area (Å²) in [5.74, 6) is 2.33. The third-order valence-corrected chi connectivity index (χ3v) is 5.75. The van der Waals surface area contributed by atoms with Crippen LogP contribution >= 0.6 is 24.0 Å². The van der Waals surface area contributed by atoms with Gasteiger partial charge in [0.25, 0.3) is 0 Å². The molecule has 3 rings (SSSR count). The zero-order valence-corrected chi connectivity index (χ0v) is 19.6. The highest BCUT2D eigenvalue weighted by Gasteiger charge is 2.22. The van der Waals surface area contributed by atoms with Gasteiger partial charge in [-0.1, -0.05) is 30.3 Å². The van der Waals surface area contributed by atoms with Crippen molar-refractivity contribution in [3.63, 3.8) is 0 Å². The van der Waals surface area contributed by atoms with Crippen LogP contribution in [0.2, 0.25) is 0 Å². The average Bonchev–Trinajstić information content (AvgIpc) is 3.24. The quantitative estimate of drug-likeness (QED) is 0.338. The molecule has 1 aromatic rings. The van der Waals surface area contributed by atoms with Gasteiger partial charge in [0.1, 0.15) is 0 Å². The molecule has 1 saturated heterocycles. The van der Waals surface area contributed by atoms with Crippen LogP contribution in [0.25, 0.3) is 0 Å². The molecule has 0 radical (unpaired) electrons. The van der Waals surface area contributed by atoms with Crippen molar-refractivity contribution in [1.82, 2.24) is 10.6 Å². The number of nitrogens with zero attached hydrogens (tertiary/aromatic N) is 1. The van der Waals surface area contributed by atoms with E-state index in [1.807, 2.05) is 7.05 Å². The van der Waals surface area contributed by atoms with Crippen molar-refractivity contribution in [2.45, 2.75) is 57.1 Å². The maximum atomic E-state index is 5.89. The lowest BCUT2D eigenvalue weighted by molar-refractivity contribution is 0.0347. The van der Waals surface area contributed by atoms with Crippen molar-refractivity contribution in [3.8, 4) is 0 Å². The fraction of sp³-hybridized carbons (Fsp3) is 0.682. The van der Waals surface area contributed by atoms with Crippen molar-refractivity contribution < 1.29 is 9.47 Å². The summed E-state index contributed by atoms with van der Waals surface area (Å²) in [4.78, 5) is 4.37. The predicted octanol–water partition coefficient (Wildman–Crippen LogP) is 3.94. The third kappa shape index (κ3) is 7.52. The molecule has 0 bridgehead atoms. The molecule has 5 nitrogen and oxygen atoms in total. The molecule has 2 atom stereocenters. The van der Waals surface area contributed by atoms with E-state index in [-0.39, 0.29) is 36.1 Å². The van der Waals surface area contributed by atoms with Gasteiger partial charge in [-0.3, -0.25) is 4.99 Å². The minimum Gasteiger partial charge on any atom is -0.379 e. The zero-order valence-electron chi connectivity index (χ0n) is 17.2. The Hall–Kier alpha value is -0.860. The Balaban J connectivity index is 0.00000280. The van der Waals surface area contributed by atoms with E-state index in [9.17, 15) is 0 Å². The molecule has 2 aliphatic rings. The second-order valence-electron chi connectivity index (χ2n) is 7.95. The molecule has 1 aliphatic carbocycles. The van der Waals surface area contributed by atoms with Crippen molar-refractivity contribution >= 4 is 29.9 Å². The number of aliphatic imine (C=N–C) groups is 1. The van der Waals surface area contributed by atoms with E-state index in [4.69, 9.17) is 9.47 Å². The standard InChI is InChI=1S/C22H35N3O2.HI/c1-17(15-27-21-12-13-26-16-21)25-22(23-2)24-14-18-8-10-20(11-9-18)19-6-4-3-5-7-19;/h3-7,17-18,20-21H,8-16H2,1-2H3,(H2,23,24,25);1H. The second kappa shape index (κ2) is 12.6. The highest BCUT2D eigenvalue weighted by Crippen LogP contribution is 2.35. The van der Waals surface area contributed by atoms with Crippen LogP contribution < -0.4 is 10.6 Å². The molecule has 1 aromatic carbocycles. The number of hydrogen-bond donors (Lipinski definition) is 2. The number of hydrogen-bond acceptors (Lipinski definition) is 3. The van der Waals surface area contributed by atoms with Crippen molar-refractivity contribution in [1.29, 1.82) is 0 Å². The van der Waals surface area contributed by atoms with Crippen LogP contribution in [-0.4, -0.2) is 51.5 Å². The van der Waals surface area contributed by atoms with E-state index in [0.717, 1.165) is 44.0 Å². The Bertz CT molecular complexity index is 570. The molecule has 6 heteroatoms. The van der Waals surface area contributed by atoms with Gasteiger partial charge in [0, 0.05) is 26.2 Å². The van der Waals surface area contributed by atoms with E-state index in [1.54, 1.807) is 0 Å². The Morgan fingerprint density at radius 3 is 2.57 bits per heavy atom. The van der Waals surface area contributed by atoms with Crippen molar-refractivity contribution in [2.24, 2.45) is 10.9 Å². The number of nitrogens with one attached hydrogen (secondary N) is 2. The van der Waals surface area contributed by atoms with Gasteiger partial charge in [0.15, 0.2) is 5.96 Å². The Morgan fingerprint density at radius 2 is 1.93 bits per heavy atom. The number of rotatable bonds is 7.